The van der Waals surface area contributed by atoms with E-state index in [-0.39, 0.29) is 17.2 Å². The van der Waals surface area contributed by atoms with Gasteiger partial charge in [0.25, 0.3) is 11.5 Å². The van der Waals surface area contributed by atoms with Crippen molar-refractivity contribution in [3.63, 3.8) is 0 Å². The van der Waals surface area contributed by atoms with Crippen LogP contribution in [0.2, 0.25) is 0 Å². The summed E-state index contributed by atoms with van der Waals surface area (Å²) in [6, 6.07) is 24.8. The van der Waals surface area contributed by atoms with Crippen LogP contribution in [0, 0.1) is 0 Å². The molecule has 2 aromatic heterocycles. The lowest BCUT2D eigenvalue weighted by molar-refractivity contribution is -0.118. The molecule has 1 aliphatic rings. The summed E-state index contributed by atoms with van der Waals surface area (Å²) in [6.07, 6.45) is 4.51. The smallest absolute Gasteiger partial charge is 0.267 e. The van der Waals surface area contributed by atoms with Gasteiger partial charge in [0.1, 0.15) is 22.9 Å². The lowest BCUT2D eigenvalue weighted by atomic mass is 10.2. The van der Waals surface area contributed by atoms with Crippen LogP contribution in [-0.4, -0.2) is 34.0 Å². The van der Waals surface area contributed by atoms with Gasteiger partial charge < -0.3 is 9.47 Å². The Kier molecular flexibility index (Phi) is 8.85. The summed E-state index contributed by atoms with van der Waals surface area (Å²) in [5.41, 5.74) is 6.19. The van der Waals surface area contributed by atoms with Gasteiger partial charge in [-0.2, -0.15) is 5.10 Å². The van der Waals surface area contributed by atoms with Gasteiger partial charge in [-0.15, -0.1) is 11.3 Å². The molecule has 0 spiro atoms. The van der Waals surface area contributed by atoms with Crippen molar-refractivity contribution in [2.24, 2.45) is 5.10 Å². The summed E-state index contributed by atoms with van der Waals surface area (Å²) in [7, 11) is 0. The molecule has 3 aromatic carbocycles. The summed E-state index contributed by atoms with van der Waals surface area (Å²) in [4.78, 5) is 33.4. The number of thiophene rings is 1. The maximum atomic E-state index is 13.8. The van der Waals surface area contributed by atoms with Gasteiger partial charge in [-0.05, 0) is 91.4 Å². The molecule has 1 aliphatic carbocycles. The van der Waals surface area contributed by atoms with E-state index in [0.717, 1.165) is 52.3 Å². The molecule has 43 heavy (non-hydrogen) atoms. The topological polar surface area (TPSA) is 94.8 Å². The second kappa shape index (κ2) is 13.3. The standard InChI is InChI=1S/C33H30N4O4S2/c1-2-40-25-17-13-24(14-18-25)37-32(39)30-27-9-6-10-28(27)43-31(30)35-33(37)42-21-29(38)36-34-19-22-11-15-26(16-12-22)41-20-23-7-4-3-5-8-23/h3-5,7-8,11-19H,2,6,9-10,20-21H2,1H3,(H,36,38). The third-order valence-electron chi connectivity index (χ3n) is 6.98. The lowest BCUT2D eigenvalue weighted by Crippen LogP contribution is -2.24. The molecule has 218 valence electrons. The fourth-order valence-electron chi connectivity index (χ4n) is 4.94. The van der Waals surface area contributed by atoms with Crippen LogP contribution in [0.5, 0.6) is 11.5 Å². The van der Waals surface area contributed by atoms with Crippen molar-refractivity contribution in [1.82, 2.24) is 15.0 Å². The zero-order valence-electron chi connectivity index (χ0n) is 23.6. The second-order valence-electron chi connectivity index (χ2n) is 9.92. The molecule has 8 nitrogen and oxygen atoms in total. The highest BCUT2D eigenvalue weighted by Gasteiger charge is 2.24. The Morgan fingerprint density at radius 1 is 1.02 bits per heavy atom. The van der Waals surface area contributed by atoms with E-state index in [1.807, 2.05) is 85.8 Å². The quantitative estimate of drug-likeness (QED) is 0.0834. The summed E-state index contributed by atoms with van der Waals surface area (Å²) in [6.45, 7) is 2.97. The first-order chi connectivity index (χ1) is 21.1. The normalized spacial score (nSPS) is 12.5. The Bertz CT molecular complexity index is 1820. The molecular formula is C33H30N4O4S2. The van der Waals surface area contributed by atoms with E-state index in [9.17, 15) is 9.59 Å². The highest BCUT2D eigenvalue weighted by atomic mass is 32.2. The Labute approximate surface area is 257 Å². The molecule has 0 saturated carbocycles. The number of benzene rings is 3. The lowest BCUT2D eigenvalue weighted by Gasteiger charge is -2.13. The molecule has 10 heteroatoms. The molecule has 1 amide bonds. The van der Waals surface area contributed by atoms with E-state index in [4.69, 9.17) is 14.5 Å². The molecule has 2 heterocycles. The van der Waals surface area contributed by atoms with E-state index in [1.54, 1.807) is 22.1 Å². The Balaban J connectivity index is 1.13. The number of carbonyl (C=O) groups excluding carboxylic acids is 1. The van der Waals surface area contributed by atoms with Crippen molar-refractivity contribution in [3.8, 4) is 17.2 Å². The Hall–Kier alpha value is -4.41. The molecule has 0 atom stereocenters. The molecule has 0 unspecified atom stereocenters. The number of hydrogen-bond donors (Lipinski definition) is 1. The summed E-state index contributed by atoms with van der Waals surface area (Å²) in [5, 5.41) is 5.27. The molecule has 0 aliphatic heterocycles. The van der Waals surface area contributed by atoms with Gasteiger partial charge in [-0.25, -0.2) is 10.4 Å². The first-order valence-electron chi connectivity index (χ1n) is 14.1. The number of fused-ring (bicyclic) bond motifs is 3. The highest BCUT2D eigenvalue weighted by molar-refractivity contribution is 7.99. The number of hydrazone groups is 1. The first kappa shape index (κ1) is 28.7. The van der Waals surface area contributed by atoms with Crippen LogP contribution in [0.1, 0.15) is 34.9 Å². The van der Waals surface area contributed by atoms with Gasteiger partial charge >= 0.3 is 0 Å². The Morgan fingerprint density at radius 2 is 1.77 bits per heavy atom. The van der Waals surface area contributed by atoms with E-state index in [2.05, 4.69) is 10.5 Å². The first-order valence-corrected chi connectivity index (χ1v) is 15.9. The zero-order chi connectivity index (χ0) is 29.6. The summed E-state index contributed by atoms with van der Waals surface area (Å²) in [5.74, 6) is 1.22. The number of hydrogen-bond acceptors (Lipinski definition) is 8. The number of rotatable bonds is 11. The van der Waals surface area contributed by atoms with Crippen molar-refractivity contribution in [2.45, 2.75) is 37.9 Å². The number of nitrogens with one attached hydrogen (secondary N) is 1. The minimum Gasteiger partial charge on any atom is -0.494 e. The second-order valence-corrected chi connectivity index (χ2v) is 12.0. The third-order valence-corrected chi connectivity index (χ3v) is 9.10. The van der Waals surface area contributed by atoms with Crippen LogP contribution in [0.25, 0.3) is 15.9 Å². The molecule has 5 aromatic rings. The summed E-state index contributed by atoms with van der Waals surface area (Å²) >= 11 is 2.80. The maximum Gasteiger partial charge on any atom is 0.267 e. The number of thioether (sulfide) groups is 1. The van der Waals surface area contributed by atoms with E-state index >= 15 is 0 Å². The molecule has 0 radical (unpaired) electrons. The number of nitrogens with zero attached hydrogens (tertiary/aromatic N) is 3. The van der Waals surface area contributed by atoms with Crippen molar-refractivity contribution < 1.29 is 14.3 Å². The van der Waals surface area contributed by atoms with E-state index in [1.165, 1.54) is 16.6 Å². The minimum atomic E-state index is -0.301. The molecule has 0 fully saturated rings. The predicted molar refractivity (Wildman–Crippen MR) is 172 cm³/mol. The van der Waals surface area contributed by atoms with Gasteiger partial charge in [0.15, 0.2) is 5.16 Å². The van der Waals surface area contributed by atoms with Crippen LogP contribution in [0.3, 0.4) is 0 Å². The zero-order valence-corrected chi connectivity index (χ0v) is 25.2. The predicted octanol–water partition coefficient (Wildman–Crippen LogP) is 6.16. The maximum absolute atomic E-state index is 13.8. The van der Waals surface area contributed by atoms with Crippen LogP contribution >= 0.6 is 23.1 Å². The molecular weight excluding hydrogens is 581 g/mol. The number of carbonyl (C=O) groups is 1. The van der Waals surface area contributed by atoms with Crippen LogP contribution in [0.15, 0.2) is 93.9 Å². The molecule has 1 N–H and O–H groups in total. The van der Waals surface area contributed by atoms with Crippen LogP contribution in [0.4, 0.5) is 0 Å². The minimum absolute atomic E-state index is 0.0453. The van der Waals surface area contributed by atoms with Crippen molar-refractivity contribution in [2.75, 3.05) is 12.4 Å². The summed E-state index contributed by atoms with van der Waals surface area (Å²) < 4.78 is 13.0. The van der Waals surface area contributed by atoms with Gasteiger partial charge in [0.05, 0.1) is 29.6 Å². The number of aryl methyl sites for hydroxylation is 2. The third kappa shape index (κ3) is 6.65. The fourth-order valence-corrected chi connectivity index (χ4v) is 7.05. The molecule has 0 saturated heterocycles. The fraction of sp³-hybridized carbons (Fsp3) is 0.212. The largest absolute Gasteiger partial charge is 0.494 e. The van der Waals surface area contributed by atoms with Crippen LogP contribution in [-0.2, 0) is 24.2 Å². The average molecular weight is 611 g/mol. The monoisotopic (exact) mass is 610 g/mol. The number of amides is 1. The van der Waals surface area contributed by atoms with Crippen molar-refractivity contribution in [1.29, 1.82) is 0 Å². The van der Waals surface area contributed by atoms with Gasteiger partial charge in [-0.3, -0.25) is 14.2 Å². The number of aromatic nitrogens is 2. The van der Waals surface area contributed by atoms with Gasteiger partial charge in [-0.1, -0.05) is 42.1 Å². The van der Waals surface area contributed by atoms with Crippen molar-refractivity contribution in [3.05, 3.63) is 111 Å². The van der Waals surface area contributed by atoms with Crippen molar-refractivity contribution >= 4 is 45.4 Å². The van der Waals surface area contributed by atoms with Gasteiger partial charge in [0.2, 0.25) is 0 Å². The van der Waals surface area contributed by atoms with E-state index < -0.39 is 0 Å². The molecule has 6 rings (SSSR count). The van der Waals surface area contributed by atoms with Crippen LogP contribution < -0.4 is 20.5 Å². The van der Waals surface area contributed by atoms with E-state index in [0.29, 0.717) is 29.4 Å². The average Bonchev–Trinajstić information content (AvgIpc) is 3.62. The van der Waals surface area contributed by atoms with Gasteiger partial charge in [0, 0.05) is 4.88 Å². The SMILES string of the molecule is CCOc1ccc(-n2c(SCC(=O)NN=Cc3ccc(OCc4ccccc4)cc3)nc3sc4c(c3c2=O)CCC4)cc1. The highest BCUT2D eigenvalue weighted by Crippen LogP contribution is 2.36. The Morgan fingerprint density at radius 3 is 2.53 bits per heavy atom. The number of ether oxygens (including phenoxy) is 2. The molecule has 0 bridgehead atoms.